The summed E-state index contributed by atoms with van der Waals surface area (Å²) in [6, 6.07) is 10.4. The molecule has 7 heteroatoms. The number of aryl methyl sites for hydroxylation is 1. The van der Waals surface area contributed by atoms with E-state index < -0.39 is 5.82 Å². The SMILES string of the molecule is Cc1ccc(NC2CC3CC2N(C(=O)c2c(F)cccc2-c2ncccn2)C3)nc1. The maximum atomic E-state index is 14.8. The molecule has 3 heterocycles. The number of carbonyl (C=O) groups excluding carboxylic acids is 1. The number of amides is 1. The van der Waals surface area contributed by atoms with Crippen molar-refractivity contribution in [1.29, 1.82) is 0 Å². The Bertz CT molecular complexity index is 1070. The molecule has 1 aromatic carbocycles. The number of aromatic nitrogens is 3. The van der Waals surface area contributed by atoms with Gasteiger partial charge in [0.25, 0.3) is 5.91 Å². The van der Waals surface area contributed by atoms with Gasteiger partial charge < -0.3 is 10.2 Å². The molecule has 30 heavy (non-hydrogen) atoms. The summed E-state index contributed by atoms with van der Waals surface area (Å²) in [7, 11) is 0. The molecule has 2 aliphatic rings. The number of pyridine rings is 1. The Morgan fingerprint density at radius 3 is 2.67 bits per heavy atom. The number of halogens is 1. The Hall–Kier alpha value is -3.35. The molecule has 3 unspecified atom stereocenters. The largest absolute Gasteiger partial charge is 0.365 e. The highest BCUT2D eigenvalue weighted by Crippen LogP contribution is 2.40. The van der Waals surface area contributed by atoms with Crippen LogP contribution in [0.5, 0.6) is 0 Å². The standard InChI is InChI=1S/C23H22FN5O/c1-14-6-7-20(27-12-14)28-18-10-15-11-19(18)29(13-15)23(30)21-16(4-2-5-17(21)24)22-25-8-3-9-26-22/h2-9,12,15,18-19H,10-11,13H2,1H3,(H,27,28). The fourth-order valence-electron chi connectivity index (χ4n) is 4.67. The Labute approximate surface area is 174 Å². The highest BCUT2D eigenvalue weighted by Gasteiger charge is 2.47. The lowest BCUT2D eigenvalue weighted by molar-refractivity contribution is 0.0688. The van der Waals surface area contributed by atoms with Gasteiger partial charge in [-0.2, -0.15) is 0 Å². The lowest BCUT2D eigenvalue weighted by atomic mass is 10.0. The summed E-state index contributed by atoms with van der Waals surface area (Å²) in [5.74, 6) is 0.715. The summed E-state index contributed by atoms with van der Waals surface area (Å²) in [6.45, 7) is 2.64. The van der Waals surface area contributed by atoms with Crippen LogP contribution in [0, 0.1) is 18.7 Å². The molecule has 0 spiro atoms. The van der Waals surface area contributed by atoms with Crippen LogP contribution >= 0.6 is 0 Å². The smallest absolute Gasteiger partial charge is 0.257 e. The Morgan fingerprint density at radius 1 is 1.10 bits per heavy atom. The van der Waals surface area contributed by atoms with Crippen molar-refractivity contribution in [3.8, 4) is 11.4 Å². The number of hydrogen-bond acceptors (Lipinski definition) is 5. The van der Waals surface area contributed by atoms with Gasteiger partial charge in [0.15, 0.2) is 5.82 Å². The molecule has 1 aliphatic carbocycles. The monoisotopic (exact) mass is 403 g/mol. The van der Waals surface area contributed by atoms with Crippen LogP contribution in [0.4, 0.5) is 10.2 Å². The van der Waals surface area contributed by atoms with E-state index in [0.29, 0.717) is 23.9 Å². The molecule has 1 aliphatic heterocycles. The van der Waals surface area contributed by atoms with Gasteiger partial charge in [-0.1, -0.05) is 18.2 Å². The van der Waals surface area contributed by atoms with Crippen molar-refractivity contribution in [2.24, 2.45) is 5.92 Å². The molecular weight excluding hydrogens is 381 g/mol. The molecule has 2 bridgehead atoms. The first-order valence-corrected chi connectivity index (χ1v) is 10.2. The van der Waals surface area contributed by atoms with Crippen molar-refractivity contribution in [3.63, 3.8) is 0 Å². The van der Waals surface area contributed by atoms with Crippen LogP contribution in [-0.4, -0.2) is 44.4 Å². The van der Waals surface area contributed by atoms with Gasteiger partial charge in [-0.15, -0.1) is 0 Å². The number of carbonyl (C=O) groups is 1. The number of rotatable bonds is 4. The highest BCUT2D eigenvalue weighted by molar-refractivity contribution is 6.00. The van der Waals surface area contributed by atoms with E-state index >= 15 is 0 Å². The first-order valence-electron chi connectivity index (χ1n) is 10.2. The molecule has 1 saturated carbocycles. The molecule has 2 fully saturated rings. The van der Waals surface area contributed by atoms with E-state index in [1.54, 1.807) is 30.6 Å². The predicted octanol–water partition coefficient (Wildman–Crippen LogP) is 3.70. The summed E-state index contributed by atoms with van der Waals surface area (Å²) >= 11 is 0. The quantitative estimate of drug-likeness (QED) is 0.719. The zero-order valence-electron chi connectivity index (χ0n) is 16.6. The average Bonchev–Trinajstić information content (AvgIpc) is 3.36. The third-order valence-electron chi connectivity index (χ3n) is 6.02. The zero-order valence-corrected chi connectivity index (χ0v) is 16.6. The van der Waals surface area contributed by atoms with Gasteiger partial charge in [0.05, 0.1) is 11.6 Å². The van der Waals surface area contributed by atoms with Gasteiger partial charge in [0.1, 0.15) is 11.6 Å². The third-order valence-corrected chi connectivity index (χ3v) is 6.02. The van der Waals surface area contributed by atoms with Crippen molar-refractivity contribution >= 4 is 11.7 Å². The number of anilines is 1. The van der Waals surface area contributed by atoms with Gasteiger partial charge >= 0.3 is 0 Å². The van der Waals surface area contributed by atoms with Crippen LogP contribution < -0.4 is 5.32 Å². The molecule has 3 aromatic rings. The number of hydrogen-bond donors (Lipinski definition) is 1. The van der Waals surface area contributed by atoms with Crippen molar-refractivity contribution in [2.75, 3.05) is 11.9 Å². The van der Waals surface area contributed by atoms with Gasteiger partial charge in [-0.25, -0.2) is 19.3 Å². The summed E-state index contributed by atoms with van der Waals surface area (Å²) in [5, 5.41) is 3.47. The summed E-state index contributed by atoms with van der Waals surface area (Å²) in [6.07, 6.45) is 6.91. The maximum Gasteiger partial charge on any atom is 0.257 e. The molecule has 6 nitrogen and oxygen atoms in total. The lowest BCUT2D eigenvalue weighted by Crippen LogP contribution is -2.48. The normalized spacial score (nSPS) is 22.3. The Balaban J connectivity index is 1.43. The summed E-state index contributed by atoms with van der Waals surface area (Å²) in [4.78, 5) is 28.2. The number of nitrogens with one attached hydrogen (secondary N) is 1. The van der Waals surface area contributed by atoms with E-state index in [-0.39, 0.29) is 23.6 Å². The van der Waals surface area contributed by atoms with Crippen molar-refractivity contribution in [3.05, 3.63) is 71.9 Å². The molecule has 0 radical (unpaired) electrons. The maximum absolute atomic E-state index is 14.8. The van der Waals surface area contributed by atoms with E-state index in [1.165, 1.54) is 6.07 Å². The zero-order chi connectivity index (χ0) is 20.7. The van der Waals surface area contributed by atoms with Gasteiger partial charge in [-0.05, 0) is 49.4 Å². The summed E-state index contributed by atoms with van der Waals surface area (Å²) in [5.41, 5.74) is 1.57. The van der Waals surface area contributed by atoms with Crippen molar-refractivity contribution < 1.29 is 9.18 Å². The van der Waals surface area contributed by atoms with E-state index in [2.05, 4.69) is 20.3 Å². The second-order valence-electron chi connectivity index (χ2n) is 8.07. The molecule has 1 saturated heterocycles. The second-order valence-corrected chi connectivity index (χ2v) is 8.07. The number of benzene rings is 1. The Kier molecular flexibility index (Phi) is 4.65. The predicted molar refractivity (Wildman–Crippen MR) is 111 cm³/mol. The molecular formula is C23H22FN5O. The van der Waals surface area contributed by atoms with E-state index in [1.807, 2.05) is 30.2 Å². The van der Waals surface area contributed by atoms with Crippen molar-refractivity contribution in [1.82, 2.24) is 19.9 Å². The molecule has 152 valence electrons. The van der Waals surface area contributed by atoms with E-state index in [0.717, 1.165) is 24.2 Å². The van der Waals surface area contributed by atoms with Crippen LogP contribution in [0.25, 0.3) is 11.4 Å². The molecule has 3 atom stereocenters. The van der Waals surface area contributed by atoms with Crippen LogP contribution in [0.2, 0.25) is 0 Å². The highest BCUT2D eigenvalue weighted by atomic mass is 19.1. The van der Waals surface area contributed by atoms with Gasteiger partial charge in [0, 0.05) is 36.7 Å². The number of piperidine rings is 1. The molecule has 5 rings (SSSR count). The number of fused-ring (bicyclic) bond motifs is 2. The average molecular weight is 403 g/mol. The number of nitrogens with zero attached hydrogens (tertiary/aromatic N) is 4. The van der Waals surface area contributed by atoms with Crippen LogP contribution in [0.1, 0.15) is 28.8 Å². The minimum atomic E-state index is -0.544. The van der Waals surface area contributed by atoms with Crippen LogP contribution in [0.3, 0.4) is 0 Å². The molecule has 1 N–H and O–H groups in total. The molecule has 2 aromatic heterocycles. The van der Waals surface area contributed by atoms with Crippen LogP contribution in [0.15, 0.2) is 55.0 Å². The van der Waals surface area contributed by atoms with E-state index in [9.17, 15) is 9.18 Å². The van der Waals surface area contributed by atoms with Crippen LogP contribution in [-0.2, 0) is 0 Å². The first kappa shape index (κ1) is 18.7. The third kappa shape index (κ3) is 3.30. The topological polar surface area (TPSA) is 71.0 Å². The lowest BCUT2D eigenvalue weighted by Gasteiger charge is -2.34. The van der Waals surface area contributed by atoms with Crippen molar-refractivity contribution in [2.45, 2.75) is 31.8 Å². The number of likely N-dealkylation sites (tertiary alicyclic amines) is 1. The summed E-state index contributed by atoms with van der Waals surface area (Å²) < 4.78 is 14.8. The van der Waals surface area contributed by atoms with E-state index in [4.69, 9.17) is 0 Å². The minimum Gasteiger partial charge on any atom is -0.365 e. The Morgan fingerprint density at radius 2 is 1.93 bits per heavy atom. The molecule has 1 amide bonds. The van der Waals surface area contributed by atoms with Gasteiger partial charge in [0.2, 0.25) is 0 Å². The second kappa shape index (κ2) is 7.48. The fourth-order valence-corrected chi connectivity index (χ4v) is 4.67. The fraction of sp³-hybridized carbons (Fsp3) is 0.304. The first-order chi connectivity index (χ1) is 14.6. The van der Waals surface area contributed by atoms with Gasteiger partial charge in [-0.3, -0.25) is 4.79 Å². The minimum absolute atomic E-state index is 0.00903.